The molecule has 1 amide bonds. The summed E-state index contributed by atoms with van der Waals surface area (Å²) in [6.45, 7) is 10.9. The molecule has 25 heavy (non-hydrogen) atoms. The number of hydrogen-bond acceptors (Lipinski definition) is 6. The molecule has 0 radical (unpaired) electrons. The Labute approximate surface area is 150 Å². The van der Waals surface area contributed by atoms with Crippen molar-refractivity contribution in [3.63, 3.8) is 0 Å². The van der Waals surface area contributed by atoms with Crippen LogP contribution in [0.25, 0.3) is 0 Å². The minimum absolute atomic E-state index is 0.213. The second-order valence-corrected chi connectivity index (χ2v) is 6.90. The lowest BCUT2D eigenvalue weighted by atomic mass is 10.1. The van der Waals surface area contributed by atoms with Gasteiger partial charge in [-0.05, 0) is 39.0 Å². The lowest BCUT2D eigenvalue weighted by Crippen LogP contribution is -2.42. The maximum absolute atomic E-state index is 11.8. The molecule has 1 aromatic rings. The van der Waals surface area contributed by atoms with Gasteiger partial charge < -0.3 is 20.3 Å². The summed E-state index contributed by atoms with van der Waals surface area (Å²) in [7, 11) is 0. The summed E-state index contributed by atoms with van der Waals surface area (Å²) in [5, 5.41) is 6.85. The minimum Gasteiger partial charge on any atom is -0.450 e. The molecule has 1 fully saturated rings. The summed E-state index contributed by atoms with van der Waals surface area (Å²) in [6, 6.07) is 2.27. The van der Waals surface area contributed by atoms with Crippen LogP contribution in [-0.2, 0) is 4.74 Å². The quantitative estimate of drug-likeness (QED) is 0.786. The lowest BCUT2D eigenvalue weighted by Gasteiger charge is -2.31. The van der Waals surface area contributed by atoms with Gasteiger partial charge in [0, 0.05) is 31.7 Å². The third-order valence-electron chi connectivity index (χ3n) is 4.24. The van der Waals surface area contributed by atoms with Gasteiger partial charge in [0.15, 0.2) is 0 Å². The average Bonchev–Trinajstić information content (AvgIpc) is 2.55. The molecule has 2 heterocycles. The molecule has 7 nitrogen and oxygen atoms in total. The fourth-order valence-corrected chi connectivity index (χ4v) is 2.85. The largest absolute Gasteiger partial charge is 0.450 e. The zero-order valence-electron chi connectivity index (χ0n) is 15.8. The normalized spacial score (nSPS) is 15.3. The van der Waals surface area contributed by atoms with Crippen molar-refractivity contribution in [1.82, 2.24) is 14.9 Å². The van der Waals surface area contributed by atoms with Gasteiger partial charge >= 0.3 is 6.09 Å². The Morgan fingerprint density at radius 1 is 1.32 bits per heavy atom. The van der Waals surface area contributed by atoms with Gasteiger partial charge in [0.25, 0.3) is 0 Å². The van der Waals surface area contributed by atoms with Crippen molar-refractivity contribution in [2.45, 2.75) is 53.0 Å². The standard InChI is InChI=1S/C18H31N5O2/c1-5-25-18(24)23-10-7-15(8-11-23)22-17-12-16(20-14(4)21-17)19-9-6-13(2)3/h12-13,15H,5-11H2,1-4H3,(H2,19,20,21,22). The van der Waals surface area contributed by atoms with Crippen LogP contribution in [0, 0.1) is 12.8 Å². The molecule has 0 saturated carbocycles. The number of nitrogens with zero attached hydrogens (tertiary/aromatic N) is 3. The zero-order chi connectivity index (χ0) is 18.2. The number of carbonyl (C=O) groups excluding carboxylic acids is 1. The molecule has 0 unspecified atom stereocenters. The second kappa shape index (κ2) is 9.44. The third kappa shape index (κ3) is 6.40. The molecule has 1 aromatic heterocycles. The lowest BCUT2D eigenvalue weighted by molar-refractivity contribution is 0.0983. The van der Waals surface area contributed by atoms with E-state index < -0.39 is 0 Å². The van der Waals surface area contributed by atoms with Crippen molar-refractivity contribution < 1.29 is 9.53 Å². The van der Waals surface area contributed by atoms with Gasteiger partial charge in [-0.1, -0.05) is 13.8 Å². The van der Waals surface area contributed by atoms with Gasteiger partial charge in [0.2, 0.25) is 0 Å². The number of anilines is 2. The van der Waals surface area contributed by atoms with E-state index in [-0.39, 0.29) is 6.09 Å². The van der Waals surface area contributed by atoms with Crippen LogP contribution in [0.3, 0.4) is 0 Å². The number of piperidine rings is 1. The van der Waals surface area contributed by atoms with Crippen LogP contribution in [0.5, 0.6) is 0 Å². The van der Waals surface area contributed by atoms with Crippen molar-refractivity contribution in [2.24, 2.45) is 5.92 Å². The Morgan fingerprint density at radius 2 is 2.00 bits per heavy atom. The van der Waals surface area contributed by atoms with Gasteiger partial charge in [0.1, 0.15) is 17.5 Å². The number of ether oxygens (including phenoxy) is 1. The van der Waals surface area contributed by atoms with E-state index in [0.717, 1.165) is 43.3 Å². The summed E-state index contributed by atoms with van der Waals surface area (Å²) in [6.07, 6.45) is 2.67. The maximum Gasteiger partial charge on any atom is 0.409 e. The molecular weight excluding hydrogens is 318 g/mol. The number of hydrogen-bond donors (Lipinski definition) is 2. The minimum atomic E-state index is -0.213. The highest BCUT2D eigenvalue weighted by Gasteiger charge is 2.23. The van der Waals surface area contributed by atoms with Crippen LogP contribution < -0.4 is 10.6 Å². The smallest absolute Gasteiger partial charge is 0.409 e. The van der Waals surface area contributed by atoms with Crippen LogP contribution >= 0.6 is 0 Å². The zero-order valence-corrected chi connectivity index (χ0v) is 15.8. The van der Waals surface area contributed by atoms with E-state index in [1.165, 1.54) is 0 Å². The Hall–Kier alpha value is -2.05. The van der Waals surface area contributed by atoms with E-state index in [1.807, 2.05) is 19.9 Å². The average molecular weight is 349 g/mol. The predicted octanol–water partition coefficient (Wildman–Crippen LogP) is 3.28. The highest BCUT2D eigenvalue weighted by Crippen LogP contribution is 2.18. The molecule has 0 spiro atoms. The van der Waals surface area contributed by atoms with Crippen LogP contribution in [0.1, 0.15) is 45.9 Å². The monoisotopic (exact) mass is 349 g/mol. The summed E-state index contributed by atoms with van der Waals surface area (Å²) in [5.41, 5.74) is 0. The molecule has 0 bridgehead atoms. The molecule has 1 aliphatic rings. The molecule has 0 aliphatic carbocycles. The number of aryl methyl sites for hydroxylation is 1. The van der Waals surface area contributed by atoms with E-state index in [0.29, 0.717) is 31.7 Å². The molecule has 1 aliphatic heterocycles. The molecule has 0 aromatic carbocycles. The summed E-state index contributed by atoms with van der Waals surface area (Å²) in [4.78, 5) is 22.5. The van der Waals surface area contributed by atoms with Crippen molar-refractivity contribution >= 4 is 17.7 Å². The van der Waals surface area contributed by atoms with Gasteiger partial charge in [-0.3, -0.25) is 0 Å². The van der Waals surface area contributed by atoms with Gasteiger partial charge in [-0.25, -0.2) is 14.8 Å². The van der Waals surface area contributed by atoms with E-state index in [9.17, 15) is 4.79 Å². The highest BCUT2D eigenvalue weighted by atomic mass is 16.6. The van der Waals surface area contributed by atoms with Crippen molar-refractivity contribution in [2.75, 3.05) is 36.9 Å². The van der Waals surface area contributed by atoms with E-state index in [4.69, 9.17) is 4.74 Å². The summed E-state index contributed by atoms with van der Waals surface area (Å²) < 4.78 is 5.06. The predicted molar refractivity (Wildman–Crippen MR) is 100.0 cm³/mol. The van der Waals surface area contributed by atoms with Crippen molar-refractivity contribution in [3.8, 4) is 0 Å². The summed E-state index contributed by atoms with van der Waals surface area (Å²) >= 11 is 0. The van der Waals surface area contributed by atoms with Crippen LogP contribution in [-0.4, -0.2) is 53.2 Å². The SMILES string of the molecule is CCOC(=O)N1CCC(Nc2cc(NCCC(C)C)nc(C)n2)CC1. The van der Waals surface area contributed by atoms with E-state index in [1.54, 1.807) is 4.90 Å². The Balaban J connectivity index is 1.86. The Bertz CT molecular complexity index is 556. The van der Waals surface area contributed by atoms with Gasteiger partial charge in [-0.2, -0.15) is 0 Å². The molecule has 0 atom stereocenters. The molecule has 1 saturated heterocycles. The second-order valence-electron chi connectivity index (χ2n) is 6.90. The maximum atomic E-state index is 11.8. The fourth-order valence-electron chi connectivity index (χ4n) is 2.85. The van der Waals surface area contributed by atoms with Gasteiger partial charge in [0.05, 0.1) is 6.61 Å². The van der Waals surface area contributed by atoms with E-state index >= 15 is 0 Å². The first-order valence-electron chi connectivity index (χ1n) is 9.25. The third-order valence-corrected chi connectivity index (χ3v) is 4.24. The van der Waals surface area contributed by atoms with E-state index in [2.05, 4.69) is 34.4 Å². The highest BCUT2D eigenvalue weighted by molar-refractivity contribution is 5.67. The topological polar surface area (TPSA) is 79.4 Å². The number of aromatic nitrogens is 2. The number of amides is 1. The van der Waals surface area contributed by atoms with Gasteiger partial charge in [-0.15, -0.1) is 0 Å². The van der Waals surface area contributed by atoms with Crippen LogP contribution in [0.15, 0.2) is 6.07 Å². The first-order chi connectivity index (χ1) is 12.0. The molecule has 2 rings (SSSR count). The molecule has 2 N–H and O–H groups in total. The van der Waals surface area contributed by atoms with Crippen LogP contribution in [0.2, 0.25) is 0 Å². The molecular formula is C18H31N5O2. The number of rotatable bonds is 7. The first kappa shape index (κ1) is 19.3. The number of nitrogens with one attached hydrogen (secondary N) is 2. The fraction of sp³-hybridized carbons (Fsp3) is 0.722. The Morgan fingerprint density at radius 3 is 2.64 bits per heavy atom. The molecule has 140 valence electrons. The van der Waals surface area contributed by atoms with Crippen LogP contribution in [0.4, 0.5) is 16.4 Å². The molecule has 7 heteroatoms. The number of carbonyl (C=O) groups is 1. The van der Waals surface area contributed by atoms with Crippen molar-refractivity contribution in [1.29, 1.82) is 0 Å². The number of likely N-dealkylation sites (tertiary alicyclic amines) is 1. The first-order valence-corrected chi connectivity index (χ1v) is 9.25. The van der Waals surface area contributed by atoms with Crippen molar-refractivity contribution in [3.05, 3.63) is 11.9 Å². The summed E-state index contributed by atoms with van der Waals surface area (Å²) in [5.74, 6) is 3.12. The Kier molecular flexibility index (Phi) is 7.28.